The second kappa shape index (κ2) is 7.80. The Hall–Kier alpha value is -0.0700. The molecule has 1 aliphatic heterocycles. The summed E-state index contributed by atoms with van der Waals surface area (Å²) in [5, 5.41) is 9.02. The molecular formula is C12H23F2O5P. The molecular weight excluding hydrogens is 293 g/mol. The molecule has 0 aromatic heterocycles. The summed E-state index contributed by atoms with van der Waals surface area (Å²) in [7, 11) is -4.45. The maximum absolute atomic E-state index is 14.2. The number of alkyl halides is 2. The summed E-state index contributed by atoms with van der Waals surface area (Å²) in [4.78, 5) is 0. The molecule has 0 saturated carbocycles. The first-order valence-corrected chi connectivity index (χ1v) is 8.42. The minimum Gasteiger partial charge on any atom is -0.394 e. The molecule has 5 nitrogen and oxygen atoms in total. The van der Waals surface area contributed by atoms with Crippen molar-refractivity contribution >= 4 is 7.60 Å². The zero-order valence-corrected chi connectivity index (χ0v) is 12.8. The Bertz CT molecular complexity index is 330. The molecule has 0 unspecified atom stereocenters. The van der Waals surface area contributed by atoms with Crippen LogP contribution in [0, 0.1) is 5.92 Å². The van der Waals surface area contributed by atoms with Crippen LogP contribution in [0.25, 0.3) is 0 Å². The lowest BCUT2D eigenvalue weighted by atomic mass is 9.93. The van der Waals surface area contributed by atoms with Crippen LogP contribution in [-0.2, 0) is 18.3 Å². The standard InChI is InChI=1S/C12H23F2O5P/c1-3-18-20(16,19-4-2)12(13,14)8-10-5-6-17-11(7-10)9-15/h10-11,15H,3-9H2,1-2H3/t10-,11+/m0/s1. The summed E-state index contributed by atoms with van der Waals surface area (Å²) in [6.07, 6.45) is -0.234. The molecule has 0 amide bonds. The average molecular weight is 316 g/mol. The van der Waals surface area contributed by atoms with Crippen molar-refractivity contribution in [3.05, 3.63) is 0 Å². The lowest BCUT2D eigenvalue weighted by Gasteiger charge is -2.33. The number of aliphatic hydroxyl groups is 1. The summed E-state index contributed by atoms with van der Waals surface area (Å²) in [5.41, 5.74) is -3.53. The topological polar surface area (TPSA) is 65.0 Å². The van der Waals surface area contributed by atoms with Gasteiger partial charge in [-0.3, -0.25) is 4.57 Å². The fourth-order valence-electron chi connectivity index (χ4n) is 2.30. The zero-order valence-electron chi connectivity index (χ0n) is 11.9. The van der Waals surface area contributed by atoms with Gasteiger partial charge < -0.3 is 18.9 Å². The van der Waals surface area contributed by atoms with Crippen LogP contribution >= 0.6 is 7.60 Å². The van der Waals surface area contributed by atoms with Gasteiger partial charge in [-0.2, -0.15) is 8.78 Å². The third kappa shape index (κ3) is 4.46. The van der Waals surface area contributed by atoms with Gasteiger partial charge in [0.05, 0.1) is 25.9 Å². The molecule has 1 heterocycles. The van der Waals surface area contributed by atoms with Crippen molar-refractivity contribution in [1.29, 1.82) is 0 Å². The third-order valence-corrected chi connectivity index (χ3v) is 5.39. The molecule has 1 N–H and O–H groups in total. The maximum atomic E-state index is 14.2. The minimum absolute atomic E-state index is 0.0973. The molecule has 0 aromatic carbocycles. The fourth-order valence-corrected chi connectivity index (χ4v) is 3.91. The summed E-state index contributed by atoms with van der Waals surface area (Å²) >= 11 is 0. The smallest absolute Gasteiger partial charge is 0.394 e. The Morgan fingerprint density at radius 1 is 1.35 bits per heavy atom. The summed E-state index contributed by atoms with van der Waals surface area (Å²) < 4.78 is 55.4. The predicted molar refractivity (Wildman–Crippen MR) is 70.0 cm³/mol. The van der Waals surface area contributed by atoms with E-state index in [4.69, 9.17) is 18.9 Å². The lowest BCUT2D eigenvalue weighted by molar-refractivity contribution is -0.0584. The molecule has 1 saturated heterocycles. The highest BCUT2D eigenvalue weighted by atomic mass is 31.2. The number of rotatable bonds is 8. The highest BCUT2D eigenvalue weighted by molar-refractivity contribution is 7.55. The molecule has 1 aliphatic rings. The van der Waals surface area contributed by atoms with Crippen LogP contribution < -0.4 is 0 Å². The van der Waals surface area contributed by atoms with Crippen molar-refractivity contribution in [1.82, 2.24) is 0 Å². The largest absolute Gasteiger partial charge is 0.399 e. The van der Waals surface area contributed by atoms with E-state index in [9.17, 15) is 13.3 Å². The Morgan fingerprint density at radius 3 is 2.45 bits per heavy atom. The summed E-state index contributed by atoms with van der Waals surface area (Å²) in [6, 6.07) is 0. The Balaban J connectivity index is 2.73. The third-order valence-electron chi connectivity index (χ3n) is 3.21. The normalized spacial score (nSPS) is 24.9. The van der Waals surface area contributed by atoms with Gasteiger partial charge >= 0.3 is 13.3 Å². The quantitative estimate of drug-likeness (QED) is 0.697. The van der Waals surface area contributed by atoms with Gasteiger partial charge in [-0.15, -0.1) is 0 Å². The fraction of sp³-hybridized carbons (Fsp3) is 1.00. The van der Waals surface area contributed by atoms with Gasteiger partial charge in [0.15, 0.2) is 0 Å². The van der Waals surface area contributed by atoms with Gasteiger partial charge in [-0.05, 0) is 32.6 Å². The van der Waals surface area contributed by atoms with E-state index >= 15 is 0 Å². The van der Waals surface area contributed by atoms with Crippen molar-refractivity contribution in [2.45, 2.75) is 44.9 Å². The van der Waals surface area contributed by atoms with Crippen molar-refractivity contribution in [2.75, 3.05) is 26.4 Å². The van der Waals surface area contributed by atoms with Gasteiger partial charge in [-0.25, -0.2) is 0 Å². The highest BCUT2D eigenvalue weighted by Crippen LogP contribution is 2.64. The minimum atomic E-state index is -4.45. The van der Waals surface area contributed by atoms with E-state index in [0.717, 1.165) is 0 Å². The number of hydrogen-bond donors (Lipinski definition) is 1. The van der Waals surface area contributed by atoms with Crippen LogP contribution in [0.15, 0.2) is 0 Å². The second-order valence-electron chi connectivity index (χ2n) is 4.77. The molecule has 0 radical (unpaired) electrons. The van der Waals surface area contributed by atoms with E-state index < -0.39 is 25.8 Å². The SMILES string of the molecule is CCOP(=O)(OCC)C(F)(F)C[C@H]1CCO[C@@H](CO)C1. The van der Waals surface area contributed by atoms with Crippen LogP contribution in [0.4, 0.5) is 8.78 Å². The molecule has 0 spiro atoms. The van der Waals surface area contributed by atoms with E-state index in [2.05, 4.69) is 0 Å². The first-order chi connectivity index (χ1) is 9.38. The molecule has 0 aromatic rings. The van der Waals surface area contributed by atoms with Crippen LogP contribution in [0.3, 0.4) is 0 Å². The van der Waals surface area contributed by atoms with E-state index in [1.54, 1.807) is 0 Å². The van der Waals surface area contributed by atoms with Crippen molar-refractivity contribution in [3.8, 4) is 0 Å². The predicted octanol–water partition coefficient (Wildman–Crippen LogP) is 3.02. The first-order valence-electron chi connectivity index (χ1n) is 6.88. The van der Waals surface area contributed by atoms with E-state index in [-0.39, 0.29) is 25.7 Å². The van der Waals surface area contributed by atoms with Gasteiger partial charge in [0.25, 0.3) is 0 Å². The molecule has 1 rings (SSSR count). The van der Waals surface area contributed by atoms with Crippen molar-refractivity contribution < 1.29 is 32.2 Å². The van der Waals surface area contributed by atoms with Gasteiger partial charge in [0.1, 0.15) is 0 Å². The van der Waals surface area contributed by atoms with Gasteiger partial charge in [0, 0.05) is 13.0 Å². The zero-order chi connectivity index (χ0) is 15.2. The van der Waals surface area contributed by atoms with Crippen LogP contribution in [0.2, 0.25) is 0 Å². The molecule has 0 aliphatic carbocycles. The second-order valence-corrected chi connectivity index (χ2v) is 6.93. The van der Waals surface area contributed by atoms with Crippen LogP contribution in [0.1, 0.15) is 33.1 Å². The highest BCUT2D eigenvalue weighted by Gasteiger charge is 2.54. The van der Waals surface area contributed by atoms with Crippen molar-refractivity contribution in [2.24, 2.45) is 5.92 Å². The Kier molecular flexibility index (Phi) is 7.01. The first kappa shape index (κ1) is 18.0. The number of aliphatic hydroxyl groups excluding tert-OH is 1. The van der Waals surface area contributed by atoms with Crippen molar-refractivity contribution in [3.63, 3.8) is 0 Å². The van der Waals surface area contributed by atoms with Gasteiger partial charge in [-0.1, -0.05) is 0 Å². The molecule has 2 atom stereocenters. The van der Waals surface area contributed by atoms with Gasteiger partial charge in [0.2, 0.25) is 0 Å². The van der Waals surface area contributed by atoms with Crippen LogP contribution in [-0.4, -0.2) is 43.3 Å². The monoisotopic (exact) mass is 316 g/mol. The van der Waals surface area contributed by atoms with E-state index in [1.807, 2.05) is 0 Å². The number of hydrogen-bond acceptors (Lipinski definition) is 5. The summed E-state index contributed by atoms with van der Waals surface area (Å²) in [5.74, 6) is -0.370. The lowest BCUT2D eigenvalue weighted by Crippen LogP contribution is -2.32. The van der Waals surface area contributed by atoms with E-state index in [1.165, 1.54) is 13.8 Å². The van der Waals surface area contributed by atoms with E-state index in [0.29, 0.717) is 19.4 Å². The Morgan fingerprint density at radius 2 is 1.95 bits per heavy atom. The van der Waals surface area contributed by atoms with Crippen LogP contribution in [0.5, 0.6) is 0 Å². The number of ether oxygens (including phenoxy) is 1. The molecule has 8 heteroatoms. The molecule has 20 heavy (non-hydrogen) atoms. The molecule has 1 fully saturated rings. The molecule has 120 valence electrons. The number of halogens is 2. The summed E-state index contributed by atoms with van der Waals surface area (Å²) in [6.45, 7) is 2.92. The average Bonchev–Trinajstić information content (AvgIpc) is 2.39. The molecule has 0 bridgehead atoms. The maximum Gasteiger partial charge on any atom is 0.399 e. The Labute approximate surface area is 118 Å².